The van der Waals surface area contributed by atoms with E-state index in [2.05, 4.69) is 24.3 Å². The molecule has 4 heterocycles. The first kappa shape index (κ1) is 37.5. The fourth-order valence-electron chi connectivity index (χ4n) is 6.60. The molecule has 0 aliphatic carbocycles. The van der Waals surface area contributed by atoms with Gasteiger partial charge in [-0.2, -0.15) is 0 Å². The lowest BCUT2D eigenvalue weighted by Gasteiger charge is -2.21. The summed E-state index contributed by atoms with van der Waals surface area (Å²) < 4.78 is 0. The minimum atomic E-state index is -0.433. The summed E-state index contributed by atoms with van der Waals surface area (Å²) in [5, 5.41) is 26.2. The zero-order valence-electron chi connectivity index (χ0n) is 29.9. The third-order valence-corrected chi connectivity index (χ3v) is 14.1. The average molecular weight is 821 g/mol. The predicted molar refractivity (Wildman–Crippen MR) is 223 cm³/mol. The third kappa shape index (κ3) is 7.44. The SMILES string of the molecule is C[C@H]1S[C@H](c2ccc([N+](=O)[O-])cc2)N(c2nc(-c3ccc(CCc4ccc(-c5csc(N6C(=O)[C@@H](C)S[C@@H]6c6ccc([N+](=O)[O-])cc6)n5)cc4)cc3)cs2)C1=O. The number of nitro benzene ring substituents is 2. The maximum absolute atomic E-state index is 13.2. The number of carbonyl (C=O) groups is 2. The van der Waals surface area contributed by atoms with E-state index >= 15 is 0 Å². The van der Waals surface area contributed by atoms with E-state index < -0.39 is 9.85 Å². The average Bonchev–Trinajstić information content (AvgIpc) is 4.01. The minimum absolute atomic E-state index is 0.00756. The zero-order chi connectivity index (χ0) is 39.1. The quantitative estimate of drug-likeness (QED) is 0.0912. The van der Waals surface area contributed by atoms with Gasteiger partial charge in [-0.1, -0.05) is 48.5 Å². The molecule has 0 unspecified atom stereocenters. The number of aryl methyl sites for hydroxylation is 2. The van der Waals surface area contributed by atoms with Crippen LogP contribution < -0.4 is 9.80 Å². The fraction of sp³-hybridized carbons (Fsp3) is 0.200. The Kier molecular flexibility index (Phi) is 10.5. The highest BCUT2D eigenvalue weighted by Gasteiger charge is 2.42. The molecule has 16 heteroatoms. The lowest BCUT2D eigenvalue weighted by molar-refractivity contribution is -0.385. The molecule has 0 saturated carbocycles. The van der Waals surface area contributed by atoms with Crippen LogP contribution in [0.25, 0.3) is 22.5 Å². The predicted octanol–water partition coefficient (Wildman–Crippen LogP) is 9.87. The molecule has 4 aromatic carbocycles. The van der Waals surface area contributed by atoms with Crippen LogP contribution in [0.4, 0.5) is 21.6 Å². The molecular weight excluding hydrogens is 789 g/mol. The third-order valence-electron chi connectivity index (χ3n) is 9.68. The molecule has 0 spiro atoms. The van der Waals surface area contributed by atoms with Gasteiger partial charge in [0.15, 0.2) is 10.3 Å². The largest absolute Gasteiger partial charge is 0.273 e. The highest BCUT2D eigenvalue weighted by molar-refractivity contribution is 8.01. The maximum atomic E-state index is 13.2. The number of rotatable bonds is 11. The number of amides is 2. The van der Waals surface area contributed by atoms with Crippen LogP contribution in [0.5, 0.6) is 0 Å². The number of anilines is 2. The number of hydrogen-bond acceptors (Lipinski definition) is 12. The highest BCUT2D eigenvalue weighted by atomic mass is 32.2. The van der Waals surface area contributed by atoms with Crippen molar-refractivity contribution in [3.05, 3.63) is 150 Å². The molecule has 2 aromatic heterocycles. The lowest BCUT2D eigenvalue weighted by Crippen LogP contribution is -2.30. The zero-order valence-corrected chi connectivity index (χ0v) is 33.1. The van der Waals surface area contributed by atoms with Crippen LogP contribution in [-0.2, 0) is 22.4 Å². The van der Waals surface area contributed by atoms with Gasteiger partial charge >= 0.3 is 0 Å². The minimum Gasteiger partial charge on any atom is -0.273 e. The molecule has 56 heavy (non-hydrogen) atoms. The molecule has 2 saturated heterocycles. The van der Waals surface area contributed by atoms with Crippen LogP contribution in [0.1, 0.15) is 46.8 Å². The first-order valence-corrected chi connectivity index (χ1v) is 21.2. The van der Waals surface area contributed by atoms with Gasteiger partial charge in [0.1, 0.15) is 10.7 Å². The molecule has 0 radical (unpaired) electrons. The van der Waals surface area contributed by atoms with Gasteiger partial charge in [-0.25, -0.2) is 9.97 Å². The van der Waals surface area contributed by atoms with Crippen molar-refractivity contribution < 1.29 is 19.4 Å². The monoisotopic (exact) mass is 820 g/mol. The lowest BCUT2D eigenvalue weighted by atomic mass is 10.0. The second kappa shape index (κ2) is 15.6. The van der Waals surface area contributed by atoms with Gasteiger partial charge in [-0.3, -0.25) is 39.6 Å². The molecule has 2 aliphatic rings. The van der Waals surface area contributed by atoms with Gasteiger partial charge in [0.25, 0.3) is 11.4 Å². The van der Waals surface area contributed by atoms with Crippen molar-refractivity contribution in [1.82, 2.24) is 9.97 Å². The van der Waals surface area contributed by atoms with E-state index in [9.17, 15) is 29.8 Å². The van der Waals surface area contributed by atoms with E-state index in [0.717, 1.165) is 46.5 Å². The van der Waals surface area contributed by atoms with Gasteiger partial charge in [0.05, 0.1) is 31.7 Å². The molecule has 4 atom stereocenters. The summed E-state index contributed by atoms with van der Waals surface area (Å²) >= 11 is 5.81. The number of nitrogens with zero attached hydrogens (tertiary/aromatic N) is 6. The second-order valence-corrected chi connectivity index (χ2v) is 17.8. The second-order valence-electron chi connectivity index (χ2n) is 13.3. The van der Waals surface area contributed by atoms with Crippen molar-refractivity contribution in [3.63, 3.8) is 0 Å². The molecule has 282 valence electrons. The van der Waals surface area contributed by atoms with E-state index in [0.29, 0.717) is 10.3 Å². The van der Waals surface area contributed by atoms with Crippen molar-refractivity contribution in [2.24, 2.45) is 0 Å². The van der Waals surface area contributed by atoms with Crippen LogP contribution in [0.3, 0.4) is 0 Å². The Morgan fingerprint density at radius 2 is 0.929 bits per heavy atom. The summed E-state index contributed by atoms with van der Waals surface area (Å²) in [6, 6.07) is 29.2. The number of thiazole rings is 2. The van der Waals surface area contributed by atoms with Crippen molar-refractivity contribution in [2.45, 2.75) is 47.9 Å². The van der Waals surface area contributed by atoms with Crippen molar-refractivity contribution in [2.75, 3.05) is 9.80 Å². The molecule has 6 aromatic rings. The molecule has 8 rings (SSSR count). The van der Waals surface area contributed by atoms with E-state index in [4.69, 9.17) is 9.97 Å². The van der Waals surface area contributed by atoms with Crippen LogP contribution in [-0.4, -0.2) is 42.1 Å². The standard InChI is InChI=1S/C40H32N6O6S4/c1-23-35(47)43(37(55-23)29-13-17-31(18-14-29)45(49)50)39-41-33(21-53-39)27-9-5-25(6-10-27)3-4-26-7-11-28(12-8-26)34-22-54-40(42-34)44-36(48)24(2)56-38(44)30-15-19-32(20-16-30)46(51)52/h5-24,37-38H,3-4H2,1-2H3/t23-,24-,37-,38-/m1/s1. The van der Waals surface area contributed by atoms with Gasteiger partial charge in [-0.15, -0.1) is 46.2 Å². The highest BCUT2D eigenvalue weighted by Crippen LogP contribution is 2.48. The Morgan fingerprint density at radius 3 is 1.27 bits per heavy atom. The van der Waals surface area contributed by atoms with Gasteiger partial charge in [-0.05, 0) is 73.2 Å². The molecule has 12 nitrogen and oxygen atoms in total. The van der Waals surface area contributed by atoms with Crippen molar-refractivity contribution in [3.8, 4) is 22.5 Å². The number of hydrogen-bond donors (Lipinski definition) is 0. The summed E-state index contributed by atoms with van der Waals surface area (Å²) in [4.78, 5) is 60.9. The topological polar surface area (TPSA) is 153 Å². The maximum Gasteiger partial charge on any atom is 0.269 e. The summed E-state index contributed by atoms with van der Waals surface area (Å²) in [5.74, 6) is -0.0808. The summed E-state index contributed by atoms with van der Waals surface area (Å²) in [5.41, 5.74) is 7.46. The number of aromatic nitrogens is 2. The number of nitro groups is 2. The number of carbonyl (C=O) groups excluding carboxylic acids is 2. The first-order chi connectivity index (χ1) is 27.0. The van der Waals surface area contributed by atoms with Crippen molar-refractivity contribution >= 4 is 79.6 Å². The number of non-ortho nitro benzene ring substituents is 2. The summed E-state index contributed by atoms with van der Waals surface area (Å²) in [7, 11) is 0. The van der Waals surface area contributed by atoms with Crippen molar-refractivity contribution in [1.29, 1.82) is 0 Å². The van der Waals surface area contributed by atoms with E-state index in [-0.39, 0.29) is 44.4 Å². The van der Waals surface area contributed by atoms with Crippen LogP contribution in [0.2, 0.25) is 0 Å². The summed E-state index contributed by atoms with van der Waals surface area (Å²) in [6.45, 7) is 3.73. The molecule has 2 aliphatic heterocycles. The van der Waals surface area contributed by atoms with Crippen LogP contribution >= 0.6 is 46.2 Å². The fourth-order valence-corrected chi connectivity index (χ4v) is 11.0. The Labute approximate surface area is 337 Å². The Balaban J connectivity index is 0.899. The Bertz CT molecular complexity index is 2270. The van der Waals surface area contributed by atoms with Gasteiger partial charge in [0.2, 0.25) is 11.8 Å². The smallest absolute Gasteiger partial charge is 0.269 e. The molecule has 0 N–H and O–H groups in total. The summed E-state index contributed by atoms with van der Waals surface area (Å²) in [6.07, 6.45) is 1.68. The first-order valence-electron chi connectivity index (χ1n) is 17.6. The number of benzene rings is 4. The molecule has 2 amide bonds. The van der Waals surface area contributed by atoms with Crippen LogP contribution in [0, 0.1) is 20.2 Å². The van der Waals surface area contributed by atoms with E-state index in [1.165, 1.54) is 81.6 Å². The molecular formula is C40H32N6O6S4. The normalized spacial score (nSPS) is 19.5. The van der Waals surface area contributed by atoms with Crippen LogP contribution in [0.15, 0.2) is 108 Å². The number of thioether (sulfide) groups is 2. The molecule has 0 bridgehead atoms. The van der Waals surface area contributed by atoms with E-state index in [1.807, 2.05) is 48.9 Å². The van der Waals surface area contributed by atoms with Gasteiger partial charge < -0.3 is 0 Å². The van der Waals surface area contributed by atoms with E-state index in [1.54, 1.807) is 34.1 Å². The Hall–Kier alpha value is -5.42. The van der Waals surface area contributed by atoms with Gasteiger partial charge in [0, 0.05) is 46.2 Å². The Morgan fingerprint density at radius 1 is 0.571 bits per heavy atom. The molecule has 2 fully saturated rings.